The van der Waals surface area contributed by atoms with Crippen LogP contribution >= 0.6 is 27.7 Å². The van der Waals surface area contributed by atoms with Crippen molar-refractivity contribution in [1.29, 1.82) is 0 Å². The molecule has 0 bridgehead atoms. The number of carbonyl (C=O) groups is 1. The Balaban J connectivity index is 1.99. The lowest BCUT2D eigenvalue weighted by Crippen LogP contribution is -2.23. The molecule has 0 aliphatic rings. The number of thioether (sulfide) groups is 1. The summed E-state index contributed by atoms with van der Waals surface area (Å²) in [6, 6.07) is 7.77. The van der Waals surface area contributed by atoms with Crippen molar-refractivity contribution in [1.82, 2.24) is 14.8 Å². The Hall–Kier alpha value is -1.34. The first-order valence-corrected chi connectivity index (χ1v) is 8.27. The summed E-state index contributed by atoms with van der Waals surface area (Å²) in [7, 11) is 0. The molecule has 0 saturated heterocycles. The molecule has 0 fully saturated rings. The van der Waals surface area contributed by atoms with Gasteiger partial charge >= 0.3 is 0 Å². The van der Waals surface area contributed by atoms with Gasteiger partial charge in [0, 0.05) is 16.2 Å². The van der Waals surface area contributed by atoms with E-state index in [0.29, 0.717) is 0 Å². The molecule has 0 spiro atoms. The molecule has 0 aliphatic heterocycles. The number of benzene rings is 1. The van der Waals surface area contributed by atoms with E-state index in [1.54, 1.807) is 6.33 Å². The molecule has 7 heteroatoms. The molecule has 0 aliphatic carbocycles. The van der Waals surface area contributed by atoms with Gasteiger partial charge in [0.25, 0.3) is 0 Å². The van der Waals surface area contributed by atoms with Crippen LogP contribution in [-0.2, 0) is 4.79 Å². The lowest BCUT2D eigenvalue weighted by Gasteiger charge is -2.14. The van der Waals surface area contributed by atoms with Gasteiger partial charge in [0.05, 0.1) is 5.25 Å². The predicted octanol–water partition coefficient (Wildman–Crippen LogP) is 3.74. The number of carbonyl (C=O) groups excluding carboxylic acids is 1. The zero-order chi connectivity index (χ0) is 15.4. The first-order chi connectivity index (χ1) is 9.97. The summed E-state index contributed by atoms with van der Waals surface area (Å²) in [5.74, 6) is -0.0550. The number of amides is 1. The van der Waals surface area contributed by atoms with Crippen molar-refractivity contribution in [3.05, 3.63) is 35.1 Å². The molecule has 1 N–H and O–H groups in total. The van der Waals surface area contributed by atoms with Gasteiger partial charge in [0.1, 0.15) is 6.33 Å². The molecular weight excluding hydrogens is 352 g/mol. The minimum absolute atomic E-state index is 0.0550. The molecule has 0 saturated carbocycles. The molecule has 0 unspecified atom stereocenters. The summed E-state index contributed by atoms with van der Waals surface area (Å²) in [6.07, 6.45) is 1.69. The number of rotatable bonds is 5. The number of nitrogens with zero attached hydrogens (tertiary/aromatic N) is 3. The van der Waals surface area contributed by atoms with Crippen molar-refractivity contribution in [2.75, 3.05) is 5.32 Å². The summed E-state index contributed by atoms with van der Waals surface area (Å²) in [6.45, 7) is 5.97. The van der Waals surface area contributed by atoms with Gasteiger partial charge in [-0.3, -0.25) is 4.79 Å². The minimum Gasteiger partial charge on any atom is -0.325 e. The molecule has 1 amide bonds. The van der Waals surface area contributed by atoms with Crippen molar-refractivity contribution in [2.45, 2.75) is 37.2 Å². The van der Waals surface area contributed by atoms with Crippen LogP contribution in [0.4, 0.5) is 5.69 Å². The SMILES string of the molecule is CC(C)n1cnnc1S[C@H](C)C(=O)Nc1ccc(Br)cc1. The molecule has 2 rings (SSSR count). The summed E-state index contributed by atoms with van der Waals surface area (Å²) >= 11 is 4.77. The van der Waals surface area contributed by atoms with E-state index in [1.807, 2.05) is 35.8 Å². The first-order valence-electron chi connectivity index (χ1n) is 6.60. The second-order valence-corrected chi connectivity index (χ2v) is 7.09. The van der Waals surface area contributed by atoms with Crippen molar-refractivity contribution >= 4 is 39.3 Å². The Labute approximate surface area is 136 Å². The molecule has 2 aromatic rings. The largest absolute Gasteiger partial charge is 0.325 e. The van der Waals surface area contributed by atoms with E-state index in [4.69, 9.17) is 0 Å². The fourth-order valence-corrected chi connectivity index (χ4v) is 2.88. The standard InChI is InChI=1S/C14H17BrN4OS/c1-9(2)19-8-16-18-14(19)21-10(3)13(20)17-12-6-4-11(15)5-7-12/h4-10H,1-3H3,(H,17,20)/t10-/m1/s1. The lowest BCUT2D eigenvalue weighted by atomic mass is 10.3. The van der Waals surface area contributed by atoms with E-state index in [0.717, 1.165) is 15.3 Å². The monoisotopic (exact) mass is 368 g/mol. The van der Waals surface area contributed by atoms with E-state index in [1.165, 1.54) is 11.8 Å². The number of anilines is 1. The Kier molecular flexibility index (Phi) is 5.41. The average molecular weight is 369 g/mol. The summed E-state index contributed by atoms with van der Waals surface area (Å²) in [5.41, 5.74) is 0.779. The second kappa shape index (κ2) is 7.09. The Bertz CT molecular complexity index is 612. The number of nitrogens with one attached hydrogen (secondary N) is 1. The third-order valence-electron chi connectivity index (χ3n) is 2.86. The van der Waals surface area contributed by atoms with E-state index in [-0.39, 0.29) is 17.2 Å². The van der Waals surface area contributed by atoms with Gasteiger partial charge in [-0.1, -0.05) is 27.7 Å². The number of hydrogen-bond donors (Lipinski definition) is 1. The molecular formula is C14H17BrN4OS. The van der Waals surface area contributed by atoms with Gasteiger partial charge in [-0.25, -0.2) is 0 Å². The zero-order valence-corrected chi connectivity index (χ0v) is 14.5. The zero-order valence-electron chi connectivity index (χ0n) is 12.1. The minimum atomic E-state index is -0.254. The summed E-state index contributed by atoms with van der Waals surface area (Å²) in [4.78, 5) is 12.2. The van der Waals surface area contributed by atoms with Gasteiger partial charge in [-0.2, -0.15) is 0 Å². The fourth-order valence-electron chi connectivity index (χ4n) is 1.66. The topological polar surface area (TPSA) is 59.8 Å². The Morgan fingerprint density at radius 1 is 1.29 bits per heavy atom. The van der Waals surface area contributed by atoms with Crippen molar-refractivity contribution in [3.63, 3.8) is 0 Å². The summed E-state index contributed by atoms with van der Waals surface area (Å²) in [5, 5.41) is 11.4. The van der Waals surface area contributed by atoms with E-state index in [2.05, 4.69) is 45.3 Å². The van der Waals surface area contributed by atoms with Crippen molar-refractivity contribution < 1.29 is 4.79 Å². The van der Waals surface area contributed by atoms with Gasteiger partial charge < -0.3 is 9.88 Å². The van der Waals surface area contributed by atoms with Crippen LogP contribution in [0, 0.1) is 0 Å². The van der Waals surface area contributed by atoms with Crippen LogP contribution in [0.3, 0.4) is 0 Å². The van der Waals surface area contributed by atoms with Crippen LogP contribution in [0.25, 0.3) is 0 Å². The van der Waals surface area contributed by atoms with Gasteiger partial charge in [-0.05, 0) is 45.0 Å². The third-order valence-corrected chi connectivity index (χ3v) is 4.46. The number of halogens is 1. The van der Waals surface area contributed by atoms with Crippen LogP contribution in [0.1, 0.15) is 26.8 Å². The number of hydrogen-bond acceptors (Lipinski definition) is 4. The van der Waals surface area contributed by atoms with E-state index >= 15 is 0 Å². The van der Waals surface area contributed by atoms with Crippen molar-refractivity contribution in [3.8, 4) is 0 Å². The van der Waals surface area contributed by atoms with Crippen LogP contribution in [-0.4, -0.2) is 25.9 Å². The van der Waals surface area contributed by atoms with E-state index in [9.17, 15) is 4.79 Å². The van der Waals surface area contributed by atoms with Gasteiger partial charge in [0.2, 0.25) is 5.91 Å². The first kappa shape index (κ1) is 16.0. The predicted molar refractivity (Wildman–Crippen MR) is 88.5 cm³/mol. The van der Waals surface area contributed by atoms with Crippen molar-refractivity contribution in [2.24, 2.45) is 0 Å². The highest BCUT2D eigenvalue weighted by Crippen LogP contribution is 2.24. The molecule has 1 atom stereocenters. The fraction of sp³-hybridized carbons (Fsp3) is 0.357. The van der Waals surface area contributed by atoms with Gasteiger partial charge in [-0.15, -0.1) is 10.2 Å². The Morgan fingerprint density at radius 2 is 1.95 bits per heavy atom. The maximum Gasteiger partial charge on any atom is 0.237 e. The number of aromatic nitrogens is 3. The highest BCUT2D eigenvalue weighted by Gasteiger charge is 2.18. The van der Waals surface area contributed by atoms with Crippen LogP contribution in [0.5, 0.6) is 0 Å². The Morgan fingerprint density at radius 3 is 2.57 bits per heavy atom. The molecule has 1 aromatic carbocycles. The highest BCUT2D eigenvalue weighted by molar-refractivity contribution is 9.10. The third kappa shape index (κ3) is 4.31. The average Bonchev–Trinajstić information content (AvgIpc) is 2.89. The second-order valence-electron chi connectivity index (χ2n) is 4.87. The maximum absolute atomic E-state index is 12.2. The maximum atomic E-state index is 12.2. The van der Waals surface area contributed by atoms with Crippen LogP contribution < -0.4 is 5.32 Å². The van der Waals surface area contributed by atoms with Gasteiger partial charge in [0.15, 0.2) is 5.16 Å². The smallest absolute Gasteiger partial charge is 0.237 e. The molecule has 1 aromatic heterocycles. The highest BCUT2D eigenvalue weighted by atomic mass is 79.9. The molecule has 0 radical (unpaired) electrons. The molecule has 112 valence electrons. The van der Waals surface area contributed by atoms with E-state index < -0.39 is 0 Å². The normalized spacial score (nSPS) is 12.4. The quantitative estimate of drug-likeness (QED) is 0.816. The molecule has 5 nitrogen and oxygen atoms in total. The lowest BCUT2D eigenvalue weighted by molar-refractivity contribution is -0.115. The van der Waals surface area contributed by atoms with Crippen LogP contribution in [0.2, 0.25) is 0 Å². The molecule has 1 heterocycles. The summed E-state index contributed by atoms with van der Waals surface area (Å²) < 4.78 is 2.93. The van der Waals surface area contributed by atoms with Crippen LogP contribution in [0.15, 0.2) is 40.2 Å². The molecule has 21 heavy (non-hydrogen) atoms.